The average Bonchev–Trinajstić information content (AvgIpc) is 2.40. The highest BCUT2D eigenvalue weighted by Crippen LogP contribution is 2.17. The molecule has 0 aromatic heterocycles. The second kappa shape index (κ2) is 4.42. The third-order valence-electron chi connectivity index (χ3n) is 2.96. The van der Waals surface area contributed by atoms with Crippen LogP contribution in [-0.2, 0) is 6.42 Å². The van der Waals surface area contributed by atoms with Crippen molar-refractivity contribution in [3.63, 3.8) is 0 Å². The molecule has 0 saturated heterocycles. The zero-order valence-electron chi connectivity index (χ0n) is 9.56. The summed E-state index contributed by atoms with van der Waals surface area (Å²) in [5.74, 6) is 0. The van der Waals surface area contributed by atoms with Gasteiger partial charge in [-0.25, -0.2) is 0 Å². The van der Waals surface area contributed by atoms with E-state index in [9.17, 15) is 0 Å². The highest BCUT2D eigenvalue weighted by molar-refractivity contribution is 5.82. The topological polar surface area (TPSA) is 0 Å². The number of rotatable bonds is 2. The second-order valence-electron chi connectivity index (χ2n) is 4.23. The molecule has 81 valence electrons. The molecular formula is C17H13. The van der Waals surface area contributed by atoms with Crippen LogP contribution in [0.15, 0.2) is 66.7 Å². The Labute approximate surface area is 102 Å². The van der Waals surface area contributed by atoms with Gasteiger partial charge in [0.2, 0.25) is 0 Å². The molecule has 0 bridgehead atoms. The molecular weight excluding hydrogens is 204 g/mol. The molecule has 0 N–H and O–H groups in total. The van der Waals surface area contributed by atoms with E-state index in [1.165, 1.54) is 21.9 Å². The van der Waals surface area contributed by atoms with Gasteiger partial charge in [-0.1, -0.05) is 66.7 Å². The van der Waals surface area contributed by atoms with Gasteiger partial charge in [-0.15, -0.1) is 0 Å². The van der Waals surface area contributed by atoms with Gasteiger partial charge in [0.1, 0.15) is 0 Å². The Morgan fingerprint density at radius 1 is 0.706 bits per heavy atom. The van der Waals surface area contributed by atoms with E-state index >= 15 is 0 Å². The first-order valence-electron chi connectivity index (χ1n) is 5.86. The highest BCUT2D eigenvalue weighted by Gasteiger charge is 1.98. The molecule has 0 nitrogen and oxygen atoms in total. The van der Waals surface area contributed by atoms with Crippen LogP contribution in [0.5, 0.6) is 0 Å². The summed E-state index contributed by atoms with van der Waals surface area (Å²) in [5.41, 5.74) is 2.58. The lowest BCUT2D eigenvalue weighted by molar-refractivity contribution is 1.20. The summed E-state index contributed by atoms with van der Waals surface area (Å²) < 4.78 is 0. The quantitative estimate of drug-likeness (QED) is 0.602. The van der Waals surface area contributed by atoms with Gasteiger partial charge in [0.25, 0.3) is 0 Å². The first-order valence-corrected chi connectivity index (χ1v) is 5.86. The summed E-state index contributed by atoms with van der Waals surface area (Å²) in [7, 11) is 0. The van der Waals surface area contributed by atoms with Gasteiger partial charge in [0.15, 0.2) is 0 Å². The zero-order chi connectivity index (χ0) is 11.5. The minimum atomic E-state index is 0.950. The van der Waals surface area contributed by atoms with Gasteiger partial charge in [-0.05, 0) is 34.4 Å². The van der Waals surface area contributed by atoms with Crippen molar-refractivity contribution in [1.29, 1.82) is 0 Å². The van der Waals surface area contributed by atoms with E-state index in [0.717, 1.165) is 6.42 Å². The van der Waals surface area contributed by atoms with Crippen LogP contribution in [0.3, 0.4) is 0 Å². The predicted molar refractivity (Wildman–Crippen MR) is 72.0 cm³/mol. The number of fused-ring (bicyclic) bond motifs is 1. The van der Waals surface area contributed by atoms with E-state index in [0.29, 0.717) is 0 Å². The summed E-state index contributed by atoms with van der Waals surface area (Å²) in [5, 5.41) is 2.45. The molecule has 0 aliphatic heterocycles. The van der Waals surface area contributed by atoms with Crippen molar-refractivity contribution < 1.29 is 0 Å². The molecule has 0 atom stereocenters. The molecule has 3 aromatic carbocycles. The molecule has 3 aromatic rings. The highest BCUT2D eigenvalue weighted by atomic mass is 14.0. The largest absolute Gasteiger partial charge is 0.0622 e. The minimum Gasteiger partial charge on any atom is -0.0622 e. The van der Waals surface area contributed by atoms with Crippen LogP contribution in [0, 0.1) is 6.07 Å². The van der Waals surface area contributed by atoms with Crippen molar-refractivity contribution >= 4 is 10.8 Å². The fraction of sp³-hybridized carbons (Fsp3) is 0.0588. The van der Waals surface area contributed by atoms with Crippen LogP contribution in [0.25, 0.3) is 10.8 Å². The molecule has 1 radical (unpaired) electrons. The molecule has 0 amide bonds. The molecule has 0 unspecified atom stereocenters. The van der Waals surface area contributed by atoms with Gasteiger partial charge < -0.3 is 0 Å². The molecule has 17 heavy (non-hydrogen) atoms. The second-order valence-corrected chi connectivity index (χ2v) is 4.23. The van der Waals surface area contributed by atoms with E-state index in [-0.39, 0.29) is 0 Å². The Hall–Kier alpha value is -2.08. The van der Waals surface area contributed by atoms with Crippen LogP contribution < -0.4 is 0 Å². The first-order chi connectivity index (χ1) is 8.42. The lowest BCUT2D eigenvalue weighted by atomic mass is 10.0. The smallest absolute Gasteiger partial charge is 0.00194 e. The molecule has 0 aliphatic carbocycles. The lowest BCUT2D eigenvalue weighted by Gasteiger charge is -2.03. The van der Waals surface area contributed by atoms with Crippen LogP contribution in [-0.4, -0.2) is 0 Å². The number of benzene rings is 3. The molecule has 0 saturated carbocycles. The van der Waals surface area contributed by atoms with Crippen LogP contribution in [0.4, 0.5) is 0 Å². The normalized spacial score (nSPS) is 10.6. The third kappa shape index (κ3) is 2.21. The van der Waals surface area contributed by atoms with Crippen molar-refractivity contribution in [2.75, 3.05) is 0 Å². The summed E-state index contributed by atoms with van der Waals surface area (Å²) in [4.78, 5) is 0. The maximum atomic E-state index is 3.48. The van der Waals surface area contributed by atoms with E-state index in [1.807, 2.05) is 6.07 Å². The van der Waals surface area contributed by atoms with Gasteiger partial charge in [0, 0.05) is 0 Å². The fourth-order valence-corrected chi connectivity index (χ4v) is 2.08. The molecule has 0 spiro atoms. The maximum absolute atomic E-state index is 3.48. The summed E-state index contributed by atoms with van der Waals surface area (Å²) in [6.45, 7) is 0. The maximum Gasteiger partial charge on any atom is -0.00194 e. The van der Waals surface area contributed by atoms with Gasteiger partial charge >= 0.3 is 0 Å². The molecule has 3 rings (SSSR count). The Morgan fingerprint density at radius 3 is 2.35 bits per heavy atom. The van der Waals surface area contributed by atoms with Crippen LogP contribution in [0.2, 0.25) is 0 Å². The minimum absolute atomic E-state index is 0.950. The van der Waals surface area contributed by atoms with Crippen molar-refractivity contribution in [3.8, 4) is 0 Å². The van der Waals surface area contributed by atoms with Gasteiger partial charge in [-0.3, -0.25) is 0 Å². The number of hydrogen-bond donors (Lipinski definition) is 0. The van der Waals surface area contributed by atoms with Crippen molar-refractivity contribution in [3.05, 3.63) is 83.9 Å². The Balaban J connectivity index is 1.96. The average molecular weight is 217 g/mol. The Kier molecular flexibility index (Phi) is 2.63. The fourth-order valence-electron chi connectivity index (χ4n) is 2.08. The predicted octanol–water partition coefficient (Wildman–Crippen LogP) is 4.23. The van der Waals surface area contributed by atoms with Crippen molar-refractivity contribution in [2.24, 2.45) is 0 Å². The number of hydrogen-bond acceptors (Lipinski definition) is 0. The third-order valence-corrected chi connectivity index (χ3v) is 2.96. The SMILES string of the molecule is [c]1c(Cc2ccccc2)ccc2ccccc12. The summed E-state index contributed by atoms with van der Waals surface area (Å²) in [6, 6.07) is 26.7. The van der Waals surface area contributed by atoms with E-state index in [2.05, 4.69) is 66.7 Å². The molecule has 0 aliphatic rings. The Bertz CT molecular complexity index is 624. The molecule has 0 heterocycles. The summed E-state index contributed by atoms with van der Waals surface area (Å²) in [6.07, 6.45) is 0.950. The van der Waals surface area contributed by atoms with E-state index in [4.69, 9.17) is 0 Å². The van der Waals surface area contributed by atoms with Gasteiger partial charge in [0.05, 0.1) is 0 Å². The first kappa shape index (κ1) is 10.1. The van der Waals surface area contributed by atoms with E-state index in [1.54, 1.807) is 0 Å². The summed E-state index contributed by atoms with van der Waals surface area (Å²) >= 11 is 0. The lowest BCUT2D eigenvalue weighted by Crippen LogP contribution is -1.87. The standard InChI is InChI=1S/C17H13/c1-2-6-14(7-3-1)12-15-10-11-16-8-4-5-9-17(16)13-15/h1-11H,12H2. The van der Waals surface area contributed by atoms with Gasteiger partial charge in [-0.2, -0.15) is 0 Å². The zero-order valence-corrected chi connectivity index (χ0v) is 9.56. The van der Waals surface area contributed by atoms with E-state index < -0.39 is 0 Å². The molecule has 0 fully saturated rings. The van der Waals surface area contributed by atoms with Crippen molar-refractivity contribution in [1.82, 2.24) is 0 Å². The monoisotopic (exact) mass is 217 g/mol. The molecule has 0 heteroatoms. The van der Waals surface area contributed by atoms with Crippen LogP contribution >= 0.6 is 0 Å². The Morgan fingerprint density at radius 2 is 1.47 bits per heavy atom. The van der Waals surface area contributed by atoms with Crippen molar-refractivity contribution in [2.45, 2.75) is 6.42 Å². The van der Waals surface area contributed by atoms with Crippen LogP contribution in [0.1, 0.15) is 11.1 Å².